The van der Waals surface area contributed by atoms with Crippen LogP contribution in [-0.4, -0.2) is 21.4 Å². The highest BCUT2D eigenvalue weighted by Gasteiger charge is 2.22. The maximum Gasteiger partial charge on any atom is 0.343 e. The predicted molar refractivity (Wildman–Crippen MR) is 83.6 cm³/mol. The van der Waals surface area contributed by atoms with Gasteiger partial charge in [-0.1, -0.05) is 41.6 Å². The van der Waals surface area contributed by atoms with Gasteiger partial charge in [0.2, 0.25) is 5.82 Å². The molecule has 110 valence electrons. The number of nitro groups is 1. The van der Waals surface area contributed by atoms with Gasteiger partial charge in [0, 0.05) is 12.3 Å². The molecule has 0 atom stereocenters. The molecule has 0 aliphatic heterocycles. The van der Waals surface area contributed by atoms with Crippen LogP contribution in [-0.2, 0) is 5.75 Å². The number of hydrogen-bond donors (Lipinski definition) is 1. The predicted octanol–water partition coefficient (Wildman–Crippen LogP) is 3.42. The first-order valence-corrected chi connectivity index (χ1v) is 7.52. The summed E-state index contributed by atoms with van der Waals surface area (Å²) in [5.74, 6) is 0.898. The molecule has 6 nitrogen and oxygen atoms in total. The molecule has 1 N–H and O–H groups in total. The molecular formula is C14H16N4O2S. The lowest BCUT2D eigenvalue weighted by Crippen LogP contribution is -2.05. The Morgan fingerprint density at radius 3 is 2.86 bits per heavy atom. The normalized spacial score (nSPS) is 10.4. The molecule has 0 fully saturated rings. The van der Waals surface area contributed by atoms with Crippen molar-refractivity contribution < 1.29 is 4.92 Å². The zero-order valence-electron chi connectivity index (χ0n) is 11.9. The number of rotatable bonds is 6. The third-order valence-corrected chi connectivity index (χ3v) is 3.82. The summed E-state index contributed by atoms with van der Waals surface area (Å²) in [7, 11) is 0. The smallest absolute Gasteiger partial charge is 0.343 e. The van der Waals surface area contributed by atoms with Crippen molar-refractivity contribution in [2.45, 2.75) is 24.6 Å². The van der Waals surface area contributed by atoms with Crippen molar-refractivity contribution in [1.82, 2.24) is 9.97 Å². The van der Waals surface area contributed by atoms with Gasteiger partial charge in [-0.05, 0) is 19.4 Å². The van der Waals surface area contributed by atoms with Gasteiger partial charge in [0.15, 0.2) is 5.03 Å². The van der Waals surface area contributed by atoms with Crippen molar-refractivity contribution >= 4 is 23.3 Å². The second-order valence-corrected chi connectivity index (χ2v) is 5.41. The van der Waals surface area contributed by atoms with Crippen molar-refractivity contribution in [1.29, 1.82) is 0 Å². The van der Waals surface area contributed by atoms with Gasteiger partial charge in [0.1, 0.15) is 6.33 Å². The number of aromatic nitrogens is 2. The molecule has 1 aromatic carbocycles. The minimum Gasteiger partial charge on any atom is -0.364 e. The van der Waals surface area contributed by atoms with Crippen molar-refractivity contribution in [3.05, 3.63) is 51.8 Å². The highest BCUT2D eigenvalue weighted by atomic mass is 32.2. The Labute approximate surface area is 127 Å². The quantitative estimate of drug-likeness (QED) is 0.381. The Hall–Kier alpha value is -2.15. The number of thioether (sulfide) groups is 1. The van der Waals surface area contributed by atoms with Crippen LogP contribution in [0.25, 0.3) is 0 Å². The summed E-state index contributed by atoms with van der Waals surface area (Å²) in [6.45, 7) is 4.45. The molecule has 0 bridgehead atoms. The highest BCUT2D eigenvalue weighted by molar-refractivity contribution is 7.98. The zero-order valence-corrected chi connectivity index (χ0v) is 12.7. The summed E-state index contributed by atoms with van der Waals surface area (Å²) in [5, 5.41) is 14.5. The minimum absolute atomic E-state index is 0.0583. The van der Waals surface area contributed by atoms with Crippen LogP contribution in [0.2, 0.25) is 0 Å². The Kier molecular flexibility index (Phi) is 5.10. The fraction of sp³-hybridized carbons (Fsp3) is 0.286. The molecule has 0 radical (unpaired) electrons. The Morgan fingerprint density at radius 1 is 1.38 bits per heavy atom. The SMILES string of the molecule is CCNc1ncnc(SCc2cccc(C)c2)c1[N+](=O)[O-]. The number of anilines is 1. The van der Waals surface area contributed by atoms with E-state index in [1.807, 2.05) is 32.0 Å². The zero-order chi connectivity index (χ0) is 15.2. The molecule has 0 aliphatic rings. The third kappa shape index (κ3) is 3.91. The fourth-order valence-electron chi connectivity index (χ4n) is 1.88. The molecule has 0 unspecified atom stereocenters. The molecule has 0 saturated heterocycles. The van der Waals surface area contributed by atoms with Crippen LogP contribution in [0.15, 0.2) is 35.6 Å². The van der Waals surface area contributed by atoms with E-state index in [1.54, 1.807) is 0 Å². The van der Waals surface area contributed by atoms with Gasteiger partial charge >= 0.3 is 5.69 Å². The standard InChI is InChI=1S/C14H16N4O2S/c1-3-15-13-12(18(19)20)14(17-9-16-13)21-8-11-6-4-5-10(2)7-11/h4-7,9H,3,8H2,1-2H3,(H,15,16,17). The first-order chi connectivity index (χ1) is 10.1. The van der Waals surface area contributed by atoms with Crippen molar-refractivity contribution in [2.24, 2.45) is 0 Å². The molecule has 0 spiro atoms. The summed E-state index contributed by atoms with van der Waals surface area (Å²) < 4.78 is 0. The molecule has 2 rings (SSSR count). The van der Waals surface area contributed by atoms with Gasteiger partial charge in [0.25, 0.3) is 0 Å². The molecule has 7 heteroatoms. The number of aryl methyl sites for hydroxylation is 1. The maximum absolute atomic E-state index is 11.3. The van der Waals surface area contributed by atoms with Gasteiger partial charge in [-0.3, -0.25) is 10.1 Å². The average Bonchev–Trinajstić information content (AvgIpc) is 2.45. The van der Waals surface area contributed by atoms with Crippen LogP contribution >= 0.6 is 11.8 Å². The molecular weight excluding hydrogens is 288 g/mol. The maximum atomic E-state index is 11.3. The minimum atomic E-state index is -0.434. The van der Waals surface area contributed by atoms with Crippen molar-refractivity contribution in [2.75, 3.05) is 11.9 Å². The lowest BCUT2D eigenvalue weighted by atomic mass is 10.2. The Morgan fingerprint density at radius 2 is 2.19 bits per heavy atom. The first kappa shape index (κ1) is 15.2. The van der Waals surface area contributed by atoms with Crippen LogP contribution in [0, 0.1) is 17.0 Å². The van der Waals surface area contributed by atoms with Crippen LogP contribution in [0.4, 0.5) is 11.5 Å². The molecule has 0 saturated carbocycles. The first-order valence-electron chi connectivity index (χ1n) is 6.53. The molecule has 1 heterocycles. The van der Waals surface area contributed by atoms with Crippen LogP contribution in [0.3, 0.4) is 0 Å². The van der Waals surface area contributed by atoms with Crippen LogP contribution in [0.1, 0.15) is 18.1 Å². The molecule has 0 amide bonds. The van der Waals surface area contributed by atoms with E-state index in [-0.39, 0.29) is 11.5 Å². The monoisotopic (exact) mass is 304 g/mol. The van der Waals surface area contributed by atoms with E-state index in [0.29, 0.717) is 17.3 Å². The van der Waals surface area contributed by atoms with E-state index in [0.717, 1.165) is 5.56 Å². The lowest BCUT2D eigenvalue weighted by molar-refractivity contribution is -0.387. The van der Waals surface area contributed by atoms with E-state index in [2.05, 4.69) is 21.4 Å². The largest absolute Gasteiger partial charge is 0.364 e. The number of nitrogens with zero attached hydrogens (tertiary/aromatic N) is 3. The van der Waals surface area contributed by atoms with Gasteiger partial charge < -0.3 is 5.32 Å². The molecule has 2 aromatic rings. The Balaban J connectivity index is 2.23. The lowest BCUT2D eigenvalue weighted by Gasteiger charge is -2.07. The van der Waals surface area contributed by atoms with Crippen LogP contribution < -0.4 is 5.32 Å². The second-order valence-electron chi connectivity index (χ2n) is 4.44. The van der Waals surface area contributed by atoms with Gasteiger partial charge in [-0.25, -0.2) is 9.97 Å². The number of benzene rings is 1. The fourth-order valence-corrected chi connectivity index (χ4v) is 2.80. The molecule has 21 heavy (non-hydrogen) atoms. The van der Waals surface area contributed by atoms with Crippen molar-refractivity contribution in [3.8, 4) is 0 Å². The summed E-state index contributed by atoms with van der Waals surface area (Å²) in [6.07, 6.45) is 1.35. The summed E-state index contributed by atoms with van der Waals surface area (Å²) >= 11 is 1.34. The summed E-state index contributed by atoms with van der Waals surface area (Å²) in [6, 6.07) is 8.05. The summed E-state index contributed by atoms with van der Waals surface area (Å²) in [4.78, 5) is 18.8. The highest BCUT2D eigenvalue weighted by Crippen LogP contribution is 2.33. The molecule has 1 aromatic heterocycles. The van der Waals surface area contributed by atoms with Gasteiger partial charge in [0.05, 0.1) is 4.92 Å². The second kappa shape index (κ2) is 7.03. The Bertz CT molecular complexity index is 649. The van der Waals surface area contributed by atoms with Gasteiger partial charge in [-0.15, -0.1) is 0 Å². The van der Waals surface area contributed by atoms with E-state index in [1.165, 1.54) is 23.7 Å². The molecule has 0 aliphatic carbocycles. The number of hydrogen-bond acceptors (Lipinski definition) is 6. The topological polar surface area (TPSA) is 81.0 Å². The summed E-state index contributed by atoms with van der Waals surface area (Å²) in [5.41, 5.74) is 2.22. The van der Waals surface area contributed by atoms with E-state index < -0.39 is 4.92 Å². The van der Waals surface area contributed by atoms with E-state index in [4.69, 9.17) is 0 Å². The van der Waals surface area contributed by atoms with Crippen LogP contribution in [0.5, 0.6) is 0 Å². The van der Waals surface area contributed by atoms with Crippen molar-refractivity contribution in [3.63, 3.8) is 0 Å². The third-order valence-electron chi connectivity index (χ3n) is 2.77. The van der Waals surface area contributed by atoms with E-state index in [9.17, 15) is 10.1 Å². The van der Waals surface area contributed by atoms with Gasteiger partial charge in [-0.2, -0.15) is 0 Å². The number of nitrogens with one attached hydrogen (secondary N) is 1. The average molecular weight is 304 g/mol. The van der Waals surface area contributed by atoms with E-state index >= 15 is 0 Å².